The van der Waals surface area contributed by atoms with Gasteiger partial charge in [0, 0.05) is 30.0 Å². The Morgan fingerprint density at radius 2 is 2.00 bits per heavy atom. The Labute approximate surface area is 110 Å². The Kier molecular flexibility index (Phi) is 3.00. The van der Waals surface area contributed by atoms with E-state index in [0.717, 1.165) is 36.9 Å². The van der Waals surface area contributed by atoms with Crippen molar-refractivity contribution in [2.24, 2.45) is 0 Å². The molecule has 3 rings (SSSR count). The van der Waals surface area contributed by atoms with Gasteiger partial charge in [0.1, 0.15) is 11.0 Å². The normalized spacial score (nSPS) is 26.1. The maximum absolute atomic E-state index is 13.4. The number of aromatic nitrogens is 2. The van der Waals surface area contributed by atoms with Crippen LogP contribution in [0.15, 0.2) is 0 Å². The van der Waals surface area contributed by atoms with E-state index in [1.54, 1.807) is 0 Å². The fourth-order valence-electron chi connectivity index (χ4n) is 2.98. The number of hydrogen-bond donors (Lipinski definition) is 0. The summed E-state index contributed by atoms with van der Waals surface area (Å²) in [4.78, 5) is 8.73. The highest BCUT2D eigenvalue weighted by Gasteiger charge is 2.38. The summed E-state index contributed by atoms with van der Waals surface area (Å²) in [5.74, 6) is -2.28. The lowest BCUT2D eigenvalue weighted by Crippen LogP contribution is -2.26. The van der Waals surface area contributed by atoms with Crippen molar-refractivity contribution in [3.8, 4) is 0 Å². The van der Waals surface area contributed by atoms with Crippen LogP contribution in [0.1, 0.15) is 55.1 Å². The van der Waals surface area contributed by atoms with E-state index in [0.29, 0.717) is 17.4 Å². The quantitative estimate of drug-likeness (QED) is 0.725. The lowest BCUT2D eigenvalue weighted by Gasteiger charge is -2.28. The van der Waals surface area contributed by atoms with Crippen LogP contribution in [0.5, 0.6) is 0 Å². The van der Waals surface area contributed by atoms with Crippen molar-refractivity contribution < 1.29 is 8.78 Å². The van der Waals surface area contributed by atoms with Gasteiger partial charge >= 0.3 is 0 Å². The molecular formula is C13H15ClF2N2. The maximum atomic E-state index is 13.4. The predicted molar refractivity (Wildman–Crippen MR) is 65.2 cm³/mol. The molecular weight excluding hydrogens is 258 g/mol. The zero-order valence-corrected chi connectivity index (χ0v) is 10.8. The first-order valence-corrected chi connectivity index (χ1v) is 6.86. The highest BCUT2D eigenvalue weighted by molar-refractivity contribution is 6.30. The van der Waals surface area contributed by atoms with Crippen LogP contribution in [0.4, 0.5) is 8.78 Å². The second kappa shape index (κ2) is 4.41. The van der Waals surface area contributed by atoms with Gasteiger partial charge in [-0.3, -0.25) is 0 Å². The van der Waals surface area contributed by atoms with Gasteiger partial charge in [0.2, 0.25) is 5.92 Å². The second-order valence-corrected chi connectivity index (χ2v) is 5.66. The molecule has 0 aromatic carbocycles. The fraction of sp³-hybridized carbons (Fsp3) is 0.692. The molecule has 0 N–H and O–H groups in total. The molecule has 0 spiro atoms. The lowest BCUT2D eigenvalue weighted by molar-refractivity contribution is -0.0417. The molecule has 1 unspecified atom stereocenters. The van der Waals surface area contributed by atoms with E-state index < -0.39 is 5.92 Å². The maximum Gasteiger partial charge on any atom is 0.248 e. The van der Waals surface area contributed by atoms with Crippen LogP contribution in [0.2, 0.25) is 5.15 Å². The molecule has 1 aromatic rings. The highest BCUT2D eigenvalue weighted by Crippen LogP contribution is 2.41. The van der Waals surface area contributed by atoms with Crippen LogP contribution >= 0.6 is 11.6 Å². The zero-order chi connectivity index (χ0) is 12.8. The van der Waals surface area contributed by atoms with Crippen molar-refractivity contribution in [1.82, 2.24) is 9.97 Å². The number of halogens is 3. The lowest BCUT2D eigenvalue weighted by atomic mass is 9.86. The fourth-order valence-corrected chi connectivity index (χ4v) is 3.27. The van der Waals surface area contributed by atoms with Gasteiger partial charge in [0.05, 0.1) is 0 Å². The standard InChI is InChI=1S/C13H15ClF2N2/c14-11-9-4-1-5-10(9)17-12(18-11)8-3-2-6-13(15,16)7-8/h8H,1-7H2. The molecule has 1 heterocycles. The van der Waals surface area contributed by atoms with Crippen LogP contribution in [0, 0.1) is 0 Å². The number of aryl methyl sites for hydroxylation is 1. The van der Waals surface area contributed by atoms with Crippen molar-refractivity contribution in [2.75, 3.05) is 0 Å². The third kappa shape index (κ3) is 2.22. The summed E-state index contributed by atoms with van der Waals surface area (Å²) in [6.45, 7) is 0. The Bertz CT molecular complexity index is 476. The molecule has 2 nitrogen and oxygen atoms in total. The Morgan fingerprint density at radius 1 is 1.17 bits per heavy atom. The predicted octanol–water partition coefficient (Wildman–Crippen LogP) is 3.91. The molecule has 1 fully saturated rings. The van der Waals surface area contributed by atoms with Gasteiger partial charge in [0.15, 0.2) is 0 Å². The van der Waals surface area contributed by atoms with Crippen molar-refractivity contribution in [2.45, 2.75) is 56.8 Å². The van der Waals surface area contributed by atoms with E-state index in [2.05, 4.69) is 9.97 Å². The van der Waals surface area contributed by atoms with Gasteiger partial charge in [-0.05, 0) is 32.1 Å². The van der Waals surface area contributed by atoms with Crippen molar-refractivity contribution in [1.29, 1.82) is 0 Å². The summed E-state index contributed by atoms with van der Waals surface area (Å²) in [5, 5.41) is 0.474. The minimum absolute atomic E-state index is 0.0117. The molecule has 0 radical (unpaired) electrons. The van der Waals surface area contributed by atoms with E-state index in [-0.39, 0.29) is 18.8 Å². The number of nitrogens with zero attached hydrogens (tertiary/aromatic N) is 2. The van der Waals surface area contributed by atoms with Crippen LogP contribution in [-0.2, 0) is 12.8 Å². The molecule has 98 valence electrons. The number of rotatable bonds is 1. The van der Waals surface area contributed by atoms with E-state index >= 15 is 0 Å². The first-order chi connectivity index (χ1) is 8.55. The SMILES string of the molecule is FC1(F)CCCC(c2nc(Cl)c3c(n2)CCC3)C1. The minimum atomic E-state index is -2.57. The molecule has 2 aliphatic rings. The van der Waals surface area contributed by atoms with Gasteiger partial charge in [-0.1, -0.05) is 11.6 Å². The summed E-state index contributed by atoms with van der Waals surface area (Å²) in [7, 11) is 0. The Hall–Kier alpha value is -0.770. The van der Waals surface area contributed by atoms with Crippen LogP contribution in [-0.4, -0.2) is 15.9 Å². The molecule has 0 bridgehead atoms. The third-order valence-corrected chi connectivity index (χ3v) is 4.22. The summed E-state index contributed by atoms with van der Waals surface area (Å²) in [6.07, 6.45) is 3.97. The molecule has 18 heavy (non-hydrogen) atoms. The van der Waals surface area contributed by atoms with Crippen LogP contribution in [0.3, 0.4) is 0 Å². The van der Waals surface area contributed by atoms with Gasteiger partial charge in [0.25, 0.3) is 0 Å². The molecule has 0 aliphatic heterocycles. The van der Waals surface area contributed by atoms with Gasteiger partial charge < -0.3 is 0 Å². The summed E-state index contributed by atoms with van der Waals surface area (Å²) in [5.41, 5.74) is 1.99. The monoisotopic (exact) mass is 272 g/mol. The van der Waals surface area contributed by atoms with Crippen molar-refractivity contribution in [3.63, 3.8) is 0 Å². The van der Waals surface area contributed by atoms with E-state index in [4.69, 9.17) is 11.6 Å². The Balaban J connectivity index is 1.91. The smallest absolute Gasteiger partial charge is 0.237 e. The molecule has 1 aromatic heterocycles. The average molecular weight is 273 g/mol. The second-order valence-electron chi connectivity index (χ2n) is 5.30. The first kappa shape index (κ1) is 12.3. The molecule has 1 saturated carbocycles. The van der Waals surface area contributed by atoms with Crippen LogP contribution < -0.4 is 0 Å². The molecule has 1 atom stereocenters. The number of fused-ring (bicyclic) bond motifs is 1. The Morgan fingerprint density at radius 3 is 2.78 bits per heavy atom. The molecule has 2 aliphatic carbocycles. The number of alkyl halides is 2. The summed E-state index contributed by atoms with van der Waals surface area (Å²) < 4.78 is 26.9. The first-order valence-electron chi connectivity index (χ1n) is 6.48. The van der Waals surface area contributed by atoms with Crippen molar-refractivity contribution >= 4 is 11.6 Å². The highest BCUT2D eigenvalue weighted by atomic mass is 35.5. The molecule has 5 heteroatoms. The number of hydrogen-bond acceptors (Lipinski definition) is 2. The largest absolute Gasteiger partial charge is 0.248 e. The molecule has 0 saturated heterocycles. The summed E-state index contributed by atoms with van der Waals surface area (Å²) >= 11 is 6.13. The topological polar surface area (TPSA) is 25.8 Å². The van der Waals surface area contributed by atoms with E-state index in [1.165, 1.54) is 0 Å². The van der Waals surface area contributed by atoms with E-state index in [9.17, 15) is 8.78 Å². The third-order valence-electron chi connectivity index (χ3n) is 3.91. The zero-order valence-electron chi connectivity index (χ0n) is 10.1. The van der Waals surface area contributed by atoms with Crippen LogP contribution in [0.25, 0.3) is 0 Å². The minimum Gasteiger partial charge on any atom is -0.237 e. The molecule has 0 amide bonds. The summed E-state index contributed by atoms with van der Waals surface area (Å²) in [6, 6.07) is 0. The van der Waals surface area contributed by atoms with E-state index in [1.807, 2.05) is 0 Å². The van der Waals surface area contributed by atoms with Gasteiger partial charge in [-0.25, -0.2) is 18.7 Å². The average Bonchev–Trinajstić information content (AvgIpc) is 2.76. The van der Waals surface area contributed by atoms with Gasteiger partial charge in [-0.15, -0.1) is 0 Å². The van der Waals surface area contributed by atoms with Crippen molar-refractivity contribution in [3.05, 3.63) is 22.2 Å². The van der Waals surface area contributed by atoms with Gasteiger partial charge in [-0.2, -0.15) is 0 Å².